The zero-order valence-electron chi connectivity index (χ0n) is 22.0. The van der Waals surface area contributed by atoms with Gasteiger partial charge in [-0.05, 0) is 25.0 Å². The highest BCUT2D eigenvalue weighted by Crippen LogP contribution is 2.33. The van der Waals surface area contributed by atoms with E-state index in [2.05, 4.69) is 163 Å². The van der Waals surface area contributed by atoms with Crippen LogP contribution in [0.1, 0.15) is 25.0 Å². The molecule has 5 aromatic rings. The first-order valence-electron chi connectivity index (χ1n) is 12.9. The van der Waals surface area contributed by atoms with Gasteiger partial charge >= 0.3 is 0 Å². The molecule has 0 spiro atoms. The van der Waals surface area contributed by atoms with Crippen molar-refractivity contribution in [3.8, 4) is 0 Å². The van der Waals surface area contributed by atoms with Gasteiger partial charge in [-0.2, -0.15) is 0 Å². The molecule has 2 nitrogen and oxygen atoms in total. The molecule has 37 heavy (non-hydrogen) atoms. The van der Waals surface area contributed by atoms with Gasteiger partial charge in [0.25, 0.3) is 0 Å². The fourth-order valence-corrected chi connectivity index (χ4v) is 6.79. The van der Waals surface area contributed by atoms with Crippen molar-refractivity contribution in [1.82, 2.24) is 9.55 Å². The molecule has 0 bridgehead atoms. The molecule has 0 saturated heterocycles. The van der Waals surface area contributed by atoms with Crippen LogP contribution in [-0.2, 0) is 5.16 Å². The molecule has 0 aliphatic carbocycles. The lowest BCUT2D eigenvalue weighted by atomic mass is 9.43. The average Bonchev–Trinajstić information content (AvgIpc) is 3.51. The summed E-state index contributed by atoms with van der Waals surface area (Å²) in [6, 6.07) is 42.8. The number of benzene rings is 4. The van der Waals surface area contributed by atoms with Crippen LogP contribution in [0.4, 0.5) is 0 Å². The summed E-state index contributed by atoms with van der Waals surface area (Å²) >= 11 is 0. The molecule has 0 saturated carbocycles. The maximum atomic E-state index is 4.33. The van der Waals surface area contributed by atoms with Crippen LogP contribution in [0, 0.1) is 0 Å². The van der Waals surface area contributed by atoms with Crippen LogP contribution >= 0.6 is 0 Å². The second-order valence-electron chi connectivity index (χ2n) is 9.59. The zero-order chi connectivity index (χ0) is 25.9. The van der Waals surface area contributed by atoms with Crippen molar-refractivity contribution in [1.29, 1.82) is 0 Å². The van der Waals surface area contributed by atoms with Gasteiger partial charge in [0.2, 0.25) is 6.71 Å². The summed E-state index contributed by atoms with van der Waals surface area (Å²) in [5.41, 5.74) is 9.23. The van der Waals surface area contributed by atoms with Crippen LogP contribution in [0.15, 0.2) is 151 Å². The number of nitrogens with zero attached hydrogens (tertiary/aromatic N) is 2. The molecular weight excluding hydrogens is 463 g/mol. The van der Waals surface area contributed by atoms with Gasteiger partial charge < -0.3 is 4.57 Å². The van der Waals surface area contributed by atoms with Crippen LogP contribution in [0.25, 0.3) is 0 Å². The van der Waals surface area contributed by atoms with E-state index in [0.29, 0.717) is 6.71 Å². The SMILES string of the molecule is CB(c1ccccc1)c1ccccc1.CC(C)=C[SiH2]C(c1ccccc1)(c1ccccc1)n1ccnc1. The van der Waals surface area contributed by atoms with E-state index in [1.165, 1.54) is 27.6 Å². The first kappa shape index (κ1) is 26.2. The van der Waals surface area contributed by atoms with Gasteiger partial charge in [-0.1, -0.05) is 150 Å². The second kappa shape index (κ2) is 12.9. The molecule has 0 aliphatic heterocycles. The van der Waals surface area contributed by atoms with Gasteiger partial charge in [0, 0.05) is 12.4 Å². The lowest BCUT2D eigenvalue weighted by Gasteiger charge is -2.36. The van der Waals surface area contributed by atoms with Crippen LogP contribution < -0.4 is 10.9 Å². The number of allylic oxidation sites excluding steroid dienone is 1. The van der Waals surface area contributed by atoms with Gasteiger partial charge in [0.05, 0.1) is 21.0 Å². The lowest BCUT2D eigenvalue weighted by Crippen LogP contribution is -2.41. The Balaban J connectivity index is 0.000000195. The Bertz CT molecular complexity index is 1270. The minimum atomic E-state index is -0.634. The lowest BCUT2D eigenvalue weighted by molar-refractivity contribution is 0.596. The molecule has 0 unspecified atom stereocenters. The van der Waals surface area contributed by atoms with Crippen LogP contribution in [0.5, 0.6) is 0 Å². The van der Waals surface area contributed by atoms with Gasteiger partial charge in [0.15, 0.2) is 0 Å². The molecule has 1 aromatic heterocycles. The molecule has 4 heteroatoms. The highest BCUT2D eigenvalue weighted by Gasteiger charge is 2.35. The number of rotatable bonds is 7. The molecule has 0 radical (unpaired) electrons. The van der Waals surface area contributed by atoms with Crippen LogP contribution in [-0.4, -0.2) is 25.8 Å². The third-order valence-electron chi connectivity index (χ3n) is 6.85. The Kier molecular flexibility index (Phi) is 9.12. The smallest absolute Gasteiger partial charge is 0.206 e. The maximum absolute atomic E-state index is 4.33. The molecule has 184 valence electrons. The van der Waals surface area contributed by atoms with Crippen LogP contribution in [0.2, 0.25) is 6.82 Å². The summed E-state index contributed by atoms with van der Waals surface area (Å²) in [5.74, 6) is 0. The Hall–Kier alpha value is -3.89. The Labute approximate surface area is 224 Å². The topological polar surface area (TPSA) is 17.8 Å². The van der Waals surface area contributed by atoms with Crippen molar-refractivity contribution in [3.63, 3.8) is 0 Å². The summed E-state index contributed by atoms with van der Waals surface area (Å²) in [6.45, 7) is 7.09. The molecule has 0 amide bonds. The summed E-state index contributed by atoms with van der Waals surface area (Å²) in [4.78, 5) is 4.33. The minimum absolute atomic E-state index is 0.143. The molecule has 0 N–H and O–H groups in total. The van der Waals surface area contributed by atoms with E-state index < -0.39 is 9.52 Å². The van der Waals surface area contributed by atoms with E-state index in [1.54, 1.807) is 0 Å². The number of hydrogen-bond donors (Lipinski definition) is 0. The standard InChI is InChI=1S/C20H22N2Si.C13H13B/c1-17(2)15-23-20(22-14-13-21-16-22,18-9-5-3-6-10-18)19-11-7-4-8-12-19;1-14(12-8-4-2-5-9-12)13-10-6-3-7-11-13/h3-16H,23H2,1-2H3;2-11H,1H3. The summed E-state index contributed by atoms with van der Waals surface area (Å²) in [6.07, 6.45) is 5.91. The van der Waals surface area contributed by atoms with Crippen molar-refractivity contribution in [2.45, 2.75) is 25.8 Å². The second-order valence-corrected chi connectivity index (χ2v) is 11.4. The fraction of sp³-hybridized carbons (Fsp3) is 0.121. The number of hydrogen-bond acceptors (Lipinski definition) is 1. The number of aromatic nitrogens is 2. The van der Waals surface area contributed by atoms with Gasteiger partial charge in [0.1, 0.15) is 0 Å². The Morgan fingerprint density at radius 2 is 1.14 bits per heavy atom. The summed E-state index contributed by atoms with van der Waals surface area (Å²) in [7, 11) is -0.634. The largest absolute Gasteiger partial charge is 0.326 e. The molecule has 5 rings (SSSR count). The van der Waals surface area contributed by atoms with E-state index in [1.807, 2.05) is 12.5 Å². The van der Waals surface area contributed by atoms with Crippen molar-refractivity contribution in [2.75, 3.05) is 0 Å². The predicted octanol–water partition coefficient (Wildman–Crippen LogP) is 5.65. The van der Waals surface area contributed by atoms with Crippen molar-refractivity contribution in [2.24, 2.45) is 0 Å². The quantitative estimate of drug-likeness (QED) is 0.265. The third-order valence-corrected chi connectivity index (χ3v) is 9.65. The Morgan fingerprint density at radius 1 is 0.703 bits per heavy atom. The predicted molar refractivity (Wildman–Crippen MR) is 163 cm³/mol. The van der Waals surface area contributed by atoms with Crippen LogP contribution in [0.3, 0.4) is 0 Å². The highest BCUT2D eigenvalue weighted by molar-refractivity contribution is 6.84. The molecule has 0 fully saturated rings. The summed E-state index contributed by atoms with van der Waals surface area (Å²) < 4.78 is 2.28. The van der Waals surface area contributed by atoms with E-state index in [9.17, 15) is 0 Å². The van der Waals surface area contributed by atoms with Gasteiger partial charge in [-0.3, -0.25) is 0 Å². The minimum Gasteiger partial charge on any atom is -0.326 e. The van der Waals surface area contributed by atoms with Crippen molar-refractivity contribution >= 4 is 27.2 Å². The van der Waals surface area contributed by atoms with Gasteiger partial charge in [-0.15, -0.1) is 0 Å². The normalized spacial score (nSPS) is 11.0. The van der Waals surface area contributed by atoms with Crippen molar-refractivity contribution < 1.29 is 0 Å². The maximum Gasteiger partial charge on any atom is 0.206 e. The fourth-order valence-electron chi connectivity index (χ4n) is 4.75. The van der Waals surface area contributed by atoms with E-state index in [4.69, 9.17) is 0 Å². The van der Waals surface area contributed by atoms with E-state index >= 15 is 0 Å². The first-order chi connectivity index (χ1) is 18.1. The van der Waals surface area contributed by atoms with E-state index in [0.717, 1.165) is 0 Å². The molecular formula is C33H35BN2Si. The number of imidazole rings is 1. The zero-order valence-corrected chi connectivity index (χ0v) is 23.4. The Morgan fingerprint density at radius 3 is 1.51 bits per heavy atom. The monoisotopic (exact) mass is 498 g/mol. The van der Waals surface area contributed by atoms with E-state index in [-0.39, 0.29) is 5.16 Å². The molecule has 0 aliphatic rings. The van der Waals surface area contributed by atoms with Gasteiger partial charge in [-0.25, -0.2) is 4.98 Å². The third kappa shape index (κ3) is 6.46. The highest BCUT2D eigenvalue weighted by atomic mass is 28.2. The average molecular weight is 499 g/mol. The molecule has 1 heterocycles. The molecule has 4 aromatic carbocycles. The first-order valence-corrected chi connectivity index (χ1v) is 14.5. The summed E-state index contributed by atoms with van der Waals surface area (Å²) in [5, 5.41) is -0.143. The van der Waals surface area contributed by atoms with Crippen molar-refractivity contribution in [3.05, 3.63) is 162 Å². The molecule has 0 atom stereocenters.